The van der Waals surface area contributed by atoms with Crippen LogP contribution in [0.1, 0.15) is 25.0 Å². The van der Waals surface area contributed by atoms with E-state index in [0.717, 1.165) is 37.2 Å². The highest BCUT2D eigenvalue weighted by atomic mass is 32.2. The number of oxazole rings is 1. The fourth-order valence-electron chi connectivity index (χ4n) is 2.82. The van der Waals surface area contributed by atoms with Gasteiger partial charge in [0.2, 0.25) is 17.7 Å². The van der Waals surface area contributed by atoms with Crippen molar-refractivity contribution in [3.8, 4) is 11.5 Å². The summed E-state index contributed by atoms with van der Waals surface area (Å²) < 4.78 is 5.48. The normalized spacial score (nSPS) is 13.8. The summed E-state index contributed by atoms with van der Waals surface area (Å²) in [4.78, 5) is 30.1. The molecule has 0 atom stereocenters. The summed E-state index contributed by atoms with van der Waals surface area (Å²) >= 11 is 1.48. The Morgan fingerprint density at radius 1 is 1.19 bits per heavy atom. The standard InChI is InChI=1S/C19H23N3O3S/c23-17(20-9-8-18(24)22-10-4-5-11-22)14-26-13-16-12-25-19(21-16)15-6-2-1-3-7-15/h1-3,6-7,12H,4-5,8-11,13-14H2,(H,20,23). The van der Waals surface area contributed by atoms with Gasteiger partial charge in [0, 0.05) is 37.4 Å². The summed E-state index contributed by atoms with van der Waals surface area (Å²) in [5.74, 6) is 1.61. The van der Waals surface area contributed by atoms with Crippen molar-refractivity contribution < 1.29 is 14.0 Å². The second-order valence-corrected chi connectivity index (χ2v) is 7.18. The first-order valence-electron chi connectivity index (χ1n) is 8.84. The van der Waals surface area contributed by atoms with Crippen LogP contribution in [0.25, 0.3) is 11.5 Å². The van der Waals surface area contributed by atoms with Crippen molar-refractivity contribution in [2.45, 2.75) is 25.0 Å². The minimum atomic E-state index is -0.0593. The first kappa shape index (κ1) is 18.5. The van der Waals surface area contributed by atoms with E-state index in [0.29, 0.717) is 30.4 Å². The van der Waals surface area contributed by atoms with Crippen molar-refractivity contribution in [2.75, 3.05) is 25.4 Å². The number of likely N-dealkylation sites (tertiary alicyclic amines) is 1. The summed E-state index contributed by atoms with van der Waals surface area (Å²) in [6, 6.07) is 9.71. The van der Waals surface area contributed by atoms with E-state index in [4.69, 9.17) is 4.42 Å². The molecule has 1 aliphatic rings. The van der Waals surface area contributed by atoms with Crippen molar-refractivity contribution in [3.63, 3.8) is 0 Å². The number of nitrogens with one attached hydrogen (secondary N) is 1. The number of nitrogens with zero attached hydrogens (tertiary/aromatic N) is 2. The molecule has 0 saturated carbocycles. The molecule has 7 heteroatoms. The summed E-state index contributed by atoms with van der Waals surface area (Å²) in [5.41, 5.74) is 1.75. The van der Waals surface area contributed by atoms with Crippen LogP contribution >= 0.6 is 11.8 Å². The van der Waals surface area contributed by atoms with Crippen molar-refractivity contribution in [1.29, 1.82) is 0 Å². The average molecular weight is 373 g/mol. The van der Waals surface area contributed by atoms with E-state index in [1.165, 1.54) is 11.8 Å². The SMILES string of the molecule is O=C(CSCc1coc(-c2ccccc2)n1)NCCC(=O)N1CCCC1. The molecule has 2 aromatic rings. The van der Waals surface area contributed by atoms with Crippen LogP contribution in [0.4, 0.5) is 0 Å². The van der Waals surface area contributed by atoms with Crippen molar-refractivity contribution in [1.82, 2.24) is 15.2 Å². The molecule has 0 aliphatic carbocycles. The number of carbonyl (C=O) groups excluding carboxylic acids is 2. The van der Waals surface area contributed by atoms with Gasteiger partial charge in [0.15, 0.2) is 0 Å². The monoisotopic (exact) mass is 373 g/mol. The van der Waals surface area contributed by atoms with E-state index < -0.39 is 0 Å². The molecule has 1 aliphatic heterocycles. The Morgan fingerprint density at radius 3 is 2.73 bits per heavy atom. The van der Waals surface area contributed by atoms with Crippen LogP contribution in [-0.2, 0) is 15.3 Å². The Bertz CT molecular complexity index is 727. The zero-order valence-corrected chi connectivity index (χ0v) is 15.5. The molecule has 1 saturated heterocycles. The van der Waals surface area contributed by atoms with Gasteiger partial charge in [0.1, 0.15) is 6.26 Å². The fourth-order valence-corrected chi connectivity index (χ4v) is 3.55. The molecular weight excluding hydrogens is 350 g/mol. The lowest BCUT2D eigenvalue weighted by Gasteiger charge is -2.15. The highest BCUT2D eigenvalue weighted by molar-refractivity contribution is 7.99. The summed E-state index contributed by atoms with van der Waals surface area (Å²) in [5, 5.41) is 2.80. The Morgan fingerprint density at radius 2 is 1.96 bits per heavy atom. The van der Waals surface area contributed by atoms with Crippen LogP contribution in [0.2, 0.25) is 0 Å². The quantitative estimate of drug-likeness (QED) is 0.770. The molecular formula is C19H23N3O3S. The molecule has 0 radical (unpaired) electrons. The van der Waals surface area contributed by atoms with Crippen LogP contribution in [-0.4, -0.2) is 47.1 Å². The van der Waals surface area contributed by atoms with Crippen LogP contribution in [0.15, 0.2) is 41.0 Å². The summed E-state index contributed by atoms with van der Waals surface area (Å²) in [6.45, 7) is 2.10. The maximum absolute atomic E-state index is 11.9. The Kier molecular flexibility index (Phi) is 6.71. The molecule has 26 heavy (non-hydrogen) atoms. The first-order chi connectivity index (χ1) is 12.7. The molecule has 0 bridgehead atoms. The number of carbonyl (C=O) groups is 2. The van der Waals surface area contributed by atoms with Crippen LogP contribution in [0.5, 0.6) is 0 Å². The highest BCUT2D eigenvalue weighted by Gasteiger charge is 2.17. The Hall–Kier alpha value is -2.28. The van der Waals surface area contributed by atoms with Gasteiger partial charge in [-0.15, -0.1) is 11.8 Å². The zero-order valence-electron chi connectivity index (χ0n) is 14.6. The van der Waals surface area contributed by atoms with Gasteiger partial charge in [-0.05, 0) is 25.0 Å². The van der Waals surface area contributed by atoms with E-state index in [-0.39, 0.29) is 11.8 Å². The lowest BCUT2D eigenvalue weighted by atomic mass is 10.2. The average Bonchev–Trinajstić information content (AvgIpc) is 3.34. The van der Waals surface area contributed by atoms with Crippen molar-refractivity contribution in [2.24, 2.45) is 0 Å². The van der Waals surface area contributed by atoms with Gasteiger partial charge in [-0.1, -0.05) is 18.2 Å². The van der Waals surface area contributed by atoms with Crippen molar-refractivity contribution >= 4 is 23.6 Å². The van der Waals surface area contributed by atoms with Crippen molar-refractivity contribution in [3.05, 3.63) is 42.3 Å². The van der Waals surface area contributed by atoms with E-state index in [9.17, 15) is 9.59 Å². The number of hydrogen-bond acceptors (Lipinski definition) is 5. The number of rotatable bonds is 8. The molecule has 1 aromatic carbocycles. The number of benzene rings is 1. The highest BCUT2D eigenvalue weighted by Crippen LogP contribution is 2.20. The third-order valence-electron chi connectivity index (χ3n) is 4.18. The molecule has 2 heterocycles. The van der Waals surface area contributed by atoms with Gasteiger partial charge < -0.3 is 14.6 Å². The fraction of sp³-hybridized carbons (Fsp3) is 0.421. The van der Waals surface area contributed by atoms with Crippen LogP contribution in [0.3, 0.4) is 0 Å². The molecule has 138 valence electrons. The van der Waals surface area contributed by atoms with Gasteiger partial charge >= 0.3 is 0 Å². The molecule has 2 amide bonds. The molecule has 6 nitrogen and oxygen atoms in total. The third-order valence-corrected chi connectivity index (χ3v) is 5.14. The second kappa shape index (κ2) is 9.43. The van der Waals surface area contributed by atoms with E-state index in [1.807, 2.05) is 35.2 Å². The van der Waals surface area contributed by atoms with Gasteiger partial charge in [-0.2, -0.15) is 0 Å². The topological polar surface area (TPSA) is 75.4 Å². The number of amides is 2. The van der Waals surface area contributed by atoms with E-state index in [2.05, 4.69) is 10.3 Å². The van der Waals surface area contributed by atoms with Gasteiger partial charge in [0.05, 0.1) is 11.4 Å². The van der Waals surface area contributed by atoms with E-state index >= 15 is 0 Å². The van der Waals surface area contributed by atoms with Gasteiger partial charge in [-0.25, -0.2) is 4.98 Å². The lowest BCUT2D eigenvalue weighted by Crippen LogP contribution is -2.33. The minimum absolute atomic E-state index is 0.0593. The molecule has 0 spiro atoms. The Balaban J connectivity index is 1.32. The van der Waals surface area contributed by atoms with Crippen LogP contribution in [0, 0.1) is 0 Å². The zero-order chi connectivity index (χ0) is 18.2. The predicted octanol–water partition coefficient (Wildman–Crippen LogP) is 2.70. The largest absolute Gasteiger partial charge is 0.444 e. The molecule has 1 fully saturated rings. The summed E-state index contributed by atoms with van der Waals surface area (Å²) in [7, 11) is 0. The van der Waals surface area contributed by atoms with Gasteiger partial charge in [0.25, 0.3) is 0 Å². The smallest absolute Gasteiger partial charge is 0.230 e. The number of hydrogen-bond donors (Lipinski definition) is 1. The minimum Gasteiger partial charge on any atom is -0.444 e. The number of aromatic nitrogens is 1. The molecule has 1 N–H and O–H groups in total. The number of thioether (sulfide) groups is 1. The van der Waals surface area contributed by atoms with Crippen LogP contribution < -0.4 is 5.32 Å². The maximum Gasteiger partial charge on any atom is 0.230 e. The molecule has 0 unspecified atom stereocenters. The third kappa shape index (κ3) is 5.36. The predicted molar refractivity (Wildman–Crippen MR) is 102 cm³/mol. The molecule has 1 aromatic heterocycles. The molecule has 3 rings (SSSR count). The maximum atomic E-state index is 11.9. The van der Waals surface area contributed by atoms with Gasteiger partial charge in [-0.3, -0.25) is 9.59 Å². The Labute approximate surface area is 157 Å². The lowest BCUT2D eigenvalue weighted by molar-refractivity contribution is -0.130. The first-order valence-corrected chi connectivity index (χ1v) is 10.00. The second-order valence-electron chi connectivity index (χ2n) is 6.19. The summed E-state index contributed by atoms with van der Waals surface area (Å²) in [6.07, 6.45) is 4.17. The van der Waals surface area contributed by atoms with E-state index in [1.54, 1.807) is 6.26 Å².